The van der Waals surface area contributed by atoms with Gasteiger partial charge in [-0.15, -0.1) is 0 Å². The molecule has 0 aliphatic carbocycles. The quantitative estimate of drug-likeness (QED) is 0.775. The van der Waals surface area contributed by atoms with Gasteiger partial charge in [0, 0.05) is 13.0 Å². The molecule has 0 aliphatic rings. The van der Waals surface area contributed by atoms with Crippen LogP contribution in [0.3, 0.4) is 0 Å². The number of carboxylic acids is 1. The molecule has 4 heteroatoms. The molecule has 18 heavy (non-hydrogen) atoms. The van der Waals surface area contributed by atoms with Gasteiger partial charge in [-0.2, -0.15) is 0 Å². The minimum absolute atomic E-state index is 0.0986. The summed E-state index contributed by atoms with van der Waals surface area (Å²) in [6.45, 7) is 2.01. The van der Waals surface area contributed by atoms with Gasteiger partial charge < -0.3 is 10.4 Å². The molecular weight excluding hydrogens is 230 g/mol. The Hall–Kier alpha value is -1.84. The lowest BCUT2D eigenvalue weighted by atomic mass is 10.1. The fourth-order valence-electron chi connectivity index (χ4n) is 1.63. The minimum atomic E-state index is -0.860. The molecule has 0 spiro atoms. The van der Waals surface area contributed by atoms with E-state index in [4.69, 9.17) is 5.11 Å². The van der Waals surface area contributed by atoms with Crippen molar-refractivity contribution in [3.05, 3.63) is 35.9 Å². The molecule has 0 aliphatic heterocycles. The minimum Gasteiger partial charge on any atom is -0.481 e. The molecule has 0 fully saturated rings. The lowest BCUT2D eigenvalue weighted by Gasteiger charge is -2.10. The topological polar surface area (TPSA) is 66.4 Å². The summed E-state index contributed by atoms with van der Waals surface area (Å²) in [5, 5.41) is 11.5. The van der Waals surface area contributed by atoms with Crippen LogP contribution in [0.1, 0.15) is 25.3 Å². The molecule has 1 atom stereocenters. The van der Waals surface area contributed by atoms with Gasteiger partial charge in [0.15, 0.2) is 0 Å². The van der Waals surface area contributed by atoms with Crippen molar-refractivity contribution in [3.63, 3.8) is 0 Å². The number of benzene rings is 1. The standard InChI is InChI=1S/C14H19NO3/c1-2-12(14(17)18)10-15-13(16)9-8-11-6-4-3-5-7-11/h3-7,12H,2,8-10H2,1H3,(H,15,16)(H,17,18). The largest absolute Gasteiger partial charge is 0.481 e. The summed E-state index contributed by atoms with van der Waals surface area (Å²) in [5.41, 5.74) is 1.11. The van der Waals surface area contributed by atoms with E-state index in [2.05, 4.69) is 5.32 Å². The highest BCUT2D eigenvalue weighted by Crippen LogP contribution is 2.03. The Kier molecular flexibility index (Phi) is 5.91. The van der Waals surface area contributed by atoms with Gasteiger partial charge >= 0.3 is 5.97 Å². The van der Waals surface area contributed by atoms with E-state index in [1.54, 1.807) is 6.92 Å². The summed E-state index contributed by atoms with van der Waals surface area (Å²) in [4.78, 5) is 22.3. The number of hydrogen-bond donors (Lipinski definition) is 2. The fraction of sp³-hybridized carbons (Fsp3) is 0.429. The van der Waals surface area contributed by atoms with Crippen LogP contribution < -0.4 is 5.32 Å². The van der Waals surface area contributed by atoms with Crippen molar-refractivity contribution < 1.29 is 14.7 Å². The normalized spacial score (nSPS) is 11.8. The van der Waals surface area contributed by atoms with E-state index in [0.29, 0.717) is 19.3 Å². The van der Waals surface area contributed by atoms with Crippen LogP contribution in [0.15, 0.2) is 30.3 Å². The van der Waals surface area contributed by atoms with Crippen LogP contribution in [0, 0.1) is 5.92 Å². The summed E-state index contributed by atoms with van der Waals surface area (Å²) >= 11 is 0. The molecule has 1 aromatic carbocycles. The summed E-state index contributed by atoms with van der Waals surface area (Å²) in [6.07, 6.45) is 1.59. The second-order valence-corrected chi connectivity index (χ2v) is 4.23. The number of rotatable bonds is 7. The van der Waals surface area contributed by atoms with Gasteiger partial charge in [0.2, 0.25) is 5.91 Å². The molecule has 1 rings (SSSR count). The Balaban J connectivity index is 2.28. The lowest BCUT2D eigenvalue weighted by Crippen LogP contribution is -2.32. The molecule has 0 radical (unpaired) electrons. The zero-order valence-corrected chi connectivity index (χ0v) is 10.6. The molecule has 0 saturated heterocycles. The van der Waals surface area contributed by atoms with Crippen LogP contribution in [0.5, 0.6) is 0 Å². The van der Waals surface area contributed by atoms with Gasteiger partial charge in [-0.05, 0) is 18.4 Å². The second kappa shape index (κ2) is 7.48. The number of nitrogens with one attached hydrogen (secondary N) is 1. The third kappa shape index (κ3) is 4.99. The average Bonchev–Trinajstić information content (AvgIpc) is 2.38. The Morgan fingerprint density at radius 1 is 1.28 bits per heavy atom. The van der Waals surface area contributed by atoms with Crippen LogP contribution in [-0.2, 0) is 16.0 Å². The van der Waals surface area contributed by atoms with Gasteiger partial charge in [-0.1, -0.05) is 37.3 Å². The van der Waals surface area contributed by atoms with Crippen LogP contribution in [0.25, 0.3) is 0 Å². The number of aryl methyl sites for hydroxylation is 1. The number of amides is 1. The number of carbonyl (C=O) groups is 2. The number of carboxylic acid groups (broad SMARTS) is 1. The smallest absolute Gasteiger partial charge is 0.308 e. The van der Waals surface area contributed by atoms with Crippen molar-refractivity contribution in [1.82, 2.24) is 5.32 Å². The maximum Gasteiger partial charge on any atom is 0.308 e. The Bertz CT molecular complexity index is 389. The molecule has 0 heterocycles. The van der Waals surface area contributed by atoms with Crippen molar-refractivity contribution in [2.24, 2.45) is 5.92 Å². The van der Waals surface area contributed by atoms with Crippen LogP contribution in [0.2, 0.25) is 0 Å². The fourth-order valence-corrected chi connectivity index (χ4v) is 1.63. The predicted octanol–water partition coefficient (Wildman–Crippen LogP) is 1.85. The molecule has 1 aromatic rings. The summed E-state index contributed by atoms with van der Waals surface area (Å²) in [5.74, 6) is -1.45. The van der Waals surface area contributed by atoms with Crippen molar-refractivity contribution in [1.29, 1.82) is 0 Å². The maximum atomic E-state index is 11.6. The van der Waals surface area contributed by atoms with Gasteiger partial charge in [0.05, 0.1) is 5.92 Å². The third-order valence-electron chi connectivity index (χ3n) is 2.87. The van der Waals surface area contributed by atoms with Gasteiger partial charge in [0.1, 0.15) is 0 Å². The SMILES string of the molecule is CCC(CNC(=O)CCc1ccccc1)C(=O)O. The second-order valence-electron chi connectivity index (χ2n) is 4.23. The number of hydrogen-bond acceptors (Lipinski definition) is 2. The Morgan fingerprint density at radius 2 is 1.94 bits per heavy atom. The van der Waals surface area contributed by atoms with Crippen LogP contribution >= 0.6 is 0 Å². The van der Waals surface area contributed by atoms with Gasteiger partial charge in [0.25, 0.3) is 0 Å². The number of aliphatic carboxylic acids is 1. The molecule has 0 bridgehead atoms. The van der Waals surface area contributed by atoms with Gasteiger partial charge in [-0.25, -0.2) is 0 Å². The summed E-state index contributed by atoms with van der Waals surface area (Å²) in [6, 6.07) is 9.75. The monoisotopic (exact) mass is 249 g/mol. The molecular formula is C14H19NO3. The molecule has 98 valence electrons. The molecule has 2 N–H and O–H groups in total. The van der Waals surface area contributed by atoms with Crippen molar-refractivity contribution in [3.8, 4) is 0 Å². The molecule has 4 nitrogen and oxygen atoms in total. The Morgan fingerprint density at radius 3 is 2.50 bits per heavy atom. The first-order chi connectivity index (χ1) is 8.63. The van der Waals surface area contributed by atoms with E-state index in [-0.39, 0.29) is 12.5 Å². The predicted molar refractivity (Wildman–Crippen MR) is 69.2 cm³/mol. The van der Waals surface area contributed by atoms with E-state index >= 15 is 0 Å². The molecule has 1 unspecified atom stereocenters. The highest BCUT2D eigenvalue weighted by Gasteiger charge is 2.15. The van der Waals surface area contributed by atoms with E-state index in [0.717, 1.165) is 5.56 Å². The van der Waals surface area contributed by atoms with Crippen LogP contribution in [0.4, 0.5) is 0 Å². The average molecular weight is 249 g/mol. The zero-order valence-electron chi connectivity index (χ0n) is 10.6. The highest BCUT2D eigenvalue weighted by molar-refractivity contribution is 5.77. The zero-order chi connectivity index (χ0) is 13.4. The van der Waals surface area contributed by atoms with Crippen molar-refractivity contribution in [2.75, 3.05) is 6.54 Å². The number of carbonyl (C=O) groups excluding carboxylic acids is 1. The van der Waals surface area contributed by atoms with E-state index < -0.39 is 11.9 Å². The first-order valence-electron chi connectivity index (χ1n) is 6.17. The molecule has 1 amide bonds. The van der Waals surface area contributed by atoms with Crippen LogP contribution in [-0.4, -0.2) is 23.5 Å². The Labute approximate surface area is 107 Å². The van der Waals surface area contributed by atoms with Crippen molar-refractivity contribution >= 4 is 11.9 Å². The lowest BCUT2D eigenvalue weighted by molar-refractivity contribution is -0.141. The van der Waals surface area contributed by atoms with E-state index in [1.807, 2.05) is 30.3 Å². The maximum absolute atomic E-state index is 11.6. The van der Waals surface area contributed by atoms with E-state index in [9.17, 15) is 9.59 Å². The first kappa shape index (κ1) is 14.2. The summed E-state index contributed by atoms with van der Waals surface area (Å²) < 4.78 is 0. The van der Waals surface area contributed by atoms with E-state index in [1.165, 1.54) is 0 Å². The molecule has 0 aromatic heterocycles. The first-order valence-corrected chi connectivity index (χ1v) is 6.17. The van der Waals surface area contributed by atoms with Gasteiger partial charge in [-0.3, -0.25) is 9.59 Å². The highest BCUT2D eigenvalue weighted by atomic mass is 16.4. The summed E-state index contributed by atoms with van der Waals surface area (Å²) in [7, 11) is 0. The molecule has 0 saturated carbocycles. The third-order valence-corrected chi connectivity index (χ3v) is 2.87. The van der Waals surface area contributed by atoms with Crippen molar-refractivity contribution in [2.45, 2.75) is 26.2 Å².